The number of nitrogens with one attached hydrogen (secondary N) is 1. The molecule has 0 aromatic heterocycles. The molecule has 0 aromatic rings. The highest BCUT2D eigenvalue weighted by Crippen LogP contribution is 2.24. The first-order valence-electron chi connectivity index (χ1n) is 7.02. The molecule has 3 atom stereocenters. The van der Waals surface area contributed by atoms with Gasteiger partial charge in [0.05, 0.1) is 43.7 Å². The molecule has 10 heteroatoms. The molecule has 128 valence electrons. The maximum absolute atomic E-state index is 11.8. The Bertz CT molecular complexity index is 560. The maximum atomic E-state index is 11.8. The standard InChI is InChI=1S/C13H19N3O7/c17-4-6-2-16(3-8(19)12(22)9(20)5-18)7-1-10(21)15-13(23)11(7)14-6/h8-9,12,17-20,22H,1-5H2,(H,15,21,23)/t8-,9+,12-/m0/s1. The summed E-state index contributed by atoms with van der Waals surface area (Å²) in [7, 11) is 0. The van der Waals surface area contributed by atoms with E-state index in [9.17, 15) is 30.0 Å². The Kier molecular flexibility index (Phi) is 5.44. The number of carbonyl (C=O) groups excluding carboxylic acids is 2. The third kappa shape index (κ3) is 3.74. The summed E-state index contributed by atoms with van der Waals surface area (Å²) in [6.45, 7) is -1.28. The summed E-state index contributed by atoms with van der Waals surface area (Å²) in [5, 5.41) is 49.2. The minimum absolute atomic E-state index is 0.0238. The number of hydrogen-bond acceptors (Lipinski definition) is 9. The van der Waals surface area contributed by atoms with Gasteiger partial charge in [-0.1, -0.05) is 0 Å². The summed E-state index contributed by atoms with van der Waals surface area (Å²) in [4.78, 5) is 28.8. The second-order valence-corrected chi connectivity index (χ2v) is 5.37. The molecule has 2 rings (SSSR count). The van der Waals surface area contributed by atoms with E-state index in [1.54, 1.807) is 0 Å². The fourth-order valence-electron chi connectivity index (χ4n) is 2.44. The van der Waals surface area contributed by atoms with Crippen molar-refractivity contribution in [3.05, 3.63) is 11.4 Å². The van der Waals surface area contributed by atoms with Crippen LogP contribution in [-0.4, -0.2) is 92.6 Å². The number of aliphatic hydroxyl groups is 5. The molecule has 10 nitrogen and oxygen atoms in total. The smallest absolute Gasteiger partial charge is 0.278 e. The lowest BCUT2D eigenvalue weighted by atomic mass is 10.0. The molecular weight excluding hydrogens is 310 g/mol. The SMILES string of the molecule is O=C1CC2=C(N=C(CO)CN2C[C@H](O)[C@H](O)[C@H](O)CO)C(=O)N1. The average molecular weight is 329 g/mol. The van der Waals surface area contributed by atoms with Crippen LogP contribution in [0.2, 0.25) is 0 Å². The molecule has 2 amide bonds. The van der Waals surface area contributed by atoms with E-state index in [4.69, 9.17) is 5.11 Å². The summed E-state index contributed by atoms with van der Waals surface area (Å²) < 4.78 is 0. The van der Waals surface area contributed by atoms with Crippen LogP contribution in [0.4, 0.5) is 0 Å². The largest absolute Gasteiger partial charge is 0.394 e. The topological polar surface area (TPSA) is 163 Å². The summed E-state index contributed by atoms with van der Waals surface area (Å²) >= 11 is 0. The average Bonchev–Trinajstić information content (AvgIpc) is 2.53. The lowest BCUT2D eigenvalue weighted by molar-refractivity contribution is -0.129. The lowest BCUT2D eigenvalue weighted by Crippen LogP contribution is -2.50. The number of aliphatic imine (C=N–C) groups is 1. The van der Waals surface area contributed by atoms with Gasteiger partial charge in [-0.3, -0.25) is 14.9 Å². The first kappa shape index (κ1) is 17.5. The Morgan fingerprint density at radius 1 is 1.17 bits per heavy atom. The number of carbonyl (C=O) groups is 2. The number of imide groups is 1. The predicted molar refractivity (Wildman–Crippen MR) is 76.0 cm³/mol. The molecule has 0 fully saturated rings. The van der Waals surface area contributed by atoms with Gasteiger partial charge in [-0.25, -0.2) is 4.99 Å². The van der Waals surface area contributed by atoms with Gasteiger partial charge in [0.15, 0.2) is 0 Å². The highest BCUT2D eigenvalue weighted by atomic mass is 16.4. The van der Waals surface area contributed by atoms with Crippen molar-refractivity contribution >= 4 is 17.5 Å². The number of amides is 2. The molecule has 6 N–H and O–H groups in total. The van der Waals surface area contributed by atoms with Crippen LogP contribution in [0.1, 0.15) is 6.42 Å². The van der Waals surface area contributed by atoms with Gasteiger partial charge in [0.1, 0.15) is 17.9 Å². The molecular formula is C13H19N3O7. The zero-order chi connectivity index (χ0) is 17.1. The number of hydrogen-bond donors (Lipinski definition) is 6. The van der Waals surface area contributed by atoms with E-state index < -0.39 is 43.3 Å². The van der Waals surface area contributed by atoms with Crippen LogP contribution in [0.15, 0.2) is 16.4 Å². The minimum atomic E-state index is -1.60. The number of nitrogens with zero attached hydrogens (tertiary/aromatic N) is 2. The van der Waals surface area contributed by atoms with Crippen LogP contribution in [0.5, 0.6) is 0 Å². The van der Waals surface area contributed by atoms with Gasteiger partial charge < -0.3 is 30.4 Å². The van der Waals surface area contributed by atoms with Crippen LogP contribution in [0.3, 0.4) is 0 Å². The van der Waals surface area contributed by atoms with Crippen LogP contribution in [0, 0.1) is 0 Å². The number of rotatable bonds is 6. The van der Waals surface area contributed by atoms with Gasteiger partial charge in [-0.15, -0.1) is 0 Å². The van der Waals surface area contributed by atoms with Crippen molar-refractivity contribution in [3.8, 4) is 0 Å². The molecule has 2 aliphatic rings. The molecule has 0 aliphatic carbocycles. The molecule has 2 aliphatic heterocycles. The second kappa shape index (κ2) is 7.15. The van der Waals surface area contributed by atoms with Gasteiger partial charge in [-0.2, -0.15) is 0 Å². The zero-order valence-electron chi connectivity index (χ0n) is 12.2. The summed E-state index contributed by atoms with van der Waals surface area (Å²) in [5.74, 6) is -1.22. The summed E-state index contributed by atoms with van der Waals surface area (Å²) in [5.41, 5.74) is 0.516. The first-order valence-corrected chi connectivity index (χ1v) is 7.02. The summed E-state index contributed by atoms with van der Waals surface area (Å²) in [6, 6.07) is 0. The highest BCUT2D eigenvalue weighted by molar-refractivity contribution is 6.10. The summed E-state index contributed by atoms with van der Waals surface area (Å²) in [6.07, 6.45) is -4.70. The molecule has 0 aromatic carbocycles. The third-order valence-electron chi connectivity index (χ3n) is 3.66. The van der Waals surface area contributed by atoms with Crippen molar-refractivity contribution in [2.75, 3.05) is 26.3 Å². The van der Waals surface area contributed by atoms with Crippen LogP contribution >= 0.6 is 0 Å². The van der Waals surface area contributed by atoms with Gasteiger partial charge in [0.2, 0.25) is 5.91 Å². The van der Waals surface area contributed by atoms with Gasteiger partial charge in [0, 0.05) is 6.54 Å². The number of β-amino-alcohol motifs (C(OH)–C–C–N with tert-alkyl or cyclic N) is 1. The van der Waals surface area contributed by atoms with E-state index in [-0.39, 0.29) is 36.6 Å². The van der Waals surface area contributed by atoms with E-state index in [2.05, 4.69) is 10.3 Å². The lowest BCUT2D eigenvalue weighted by Gasteiger charge is -2.36. The van der Waals surface area contributed by atoms with Gasteiger partial charge >= 0.3 is 0 Å². The van der Waals surface area contributed by atoms with Crippen molar-refractivity contribution < 1.29 is 35.1 Å². The second-order valence-electron chi connectivity index (χ2n) is 5.37. The molecule has 0 radical (unpaired) electrons. The van der Waals surface area contributed by atoms with Crippen molar-refractivity contribution in [1.82, 2.24) is 10.2 Å². The zero-order valence-corrected chi connectivity index (χ0v) is 12.2. The molecule has 0 saturated heterocycles. The molecule has 0 unspecified atom stereocenters. The van der Waals surface area contributed by atoms with Crippen molar-refractivity contribution in [2.45, 2.75) is 24.7 Å². The Morgan fingerprint density at radius 2 is 1.87 bits per heavy atom. The van der Waals surface area contributed by atoms with E-state index >= 15 is 0 Å². The molecule has 23 heavy (non-hydrogen) atoms. The van der Waals surface area contributed by atoms with Gasteiger partial charge in [-0.05, 0) is 0 Å². The van der Waals surface area contributed by atoms with E-state index in [0.717, 1.165) is 0 Å². The van der Waals surface area contributed by atoms with E-state index in [1.807, 2.05) is 0 Å². The minimum Gasteiger partial charge on any atom is -0.394 e. The Balaban J connectivity index is 2.22. The van der Waals surface area contributed by atoms with Crippen LogP contribution in [0.25, 0.3) is 0 Å². The Hall–Kier alpha value is -1.85. The highest BCUT2D eigenvalue weighted by Gasteiger charge is 2.35. The van der Waals surface area contributed by atoms with E-state index in [1.165, 1.54) is 4.90 Å². The quantitative estimate of drug-likeness (QED) is 0.269. The fourth-order valence-corrected chi connectivity index (χ4v) is 2.44. The van der Waals surface area contributed by atoms with Crippen LogP contribution < -0.4 is 5.32 Å². The predicted octanol–water partition coefficient (Wildman–Crippen LogP) is -3.93. The maximum Gasteiger partial charge on any atom is 0.278 e. The first-order chi connectivity index (χ1) is 10.9. The van der Waals surface area contributed by atoms with Crippen LogP contribution in [-0.2, 0) is 9.59 Å². The molecule has 0 bridgehead atoms. The molecule has 0 saturated carbocycles. The third-order valence-corrected chi connectivity index (χ3v) is 3.66. The molecule has 2 heterocycles. The van der Waals surface area contributed by atoms with Crippen molar-refractivity contribution in [1.29, 1.82) is 0 Å². The van der Waals surface area contributed by atoms with Crippen molar-refractivity contribution in [3.63, 3.8) is 0 Å². The van der Waals surface area contributed by atoms with E-state index in [0.29, 0.717) is 0 Å². The number of aliphatic hydroxyl groups excluding tert-OH is 5. The Labute approximate surface area is 131 Å². The fraction of sp³-hybridized carbons (Fsp3) is 0.615. The normalized spacial score (nSPS) is 22.3. The van der Waals surface area contributed by atoms with Crippen molar-refractivity contribution in [2.24, 2.45) is 4.99 Å². The Morgan fingerprint density at radius 3 is 2.48 bits per heavy atom. The van der Waals surface area contributed by atoms with Gasteiger partial charge in [0.25, 0.3) is 5.91 Å². The monoisotopic (exact) mass is 329 g/mol. The molecule has 0 spiro atoms.